The molecule has 0 saturated heterocycles. The van der Waals surface area contributed by atoms with Crippen LogP contribution in [0.1, 0.15) is 18.9 Å². The van der Waals surface area contributed by atoms with Crippen LogP contribution in [0, 0.1) is 0 Å². The van der Waals surface area contributed by atoms with E-state index in [9.17, 15) is 0 Å². The average molecular weight is 225 g/mol. The topological polar surface area (TPSA) is 64.7 Å². The fourth-order valence-corrected chi connectivity index (χ4v) is 1.30. The Hall–Kier alpha value is -1.26. The summed E-state index contributed by atoms with van der Waals surface area (Å²) in [6.07, 6.45) is 0.964. The van der Waals surface area contributed by atoms with Crippen LogP contribution in [0.15, 0.2) is 18.2 Å². The van der Waals surface area contributed by atoms with Gasteiger partial charge in [0.1, 0.15) is 18.1 Å². The highest BCUT2D eigenvalue weighted by Gasteiger charge is 2.04. The second-order valence-corrected chi connectivity index (χ2v) is 3.39. The maximum atomic E-state index is 8.71. The minimum atomic E-state index is -0.00986. The third-order valence-electron chi connectivity index (χ3n) is 2.08. The number of aliphatic hydroxyl groups excluding tert-OH is 1. The minimum Gasteiger partial charge on any atom is -0.493 e. The van der Waals surface area contributed by atoms with Crippen LogP contribution in [-0.4, -0.2) is 24.9 Å². The third-order valence-corrected chi connectivity index (χ3v) is 2.08. The lowest BCUT2D eigenvalue weighted by molar-refractivity contribution is 0.199. The Morgan fingerprint density at radius 1 is 1.25 bits per heavy atom. The molecule has 0 saturated carbocycles. The van der Waals surface area contributed by atoms with Crippen molar-refractivity contribution in [1.82, 2.24) is 0 Å². The number of hydrogen-bond donors (Lipinski definition) is 2. The van der Waals surface area contributed by atoms with Crippen LogP contribution in [0.3, 0.4) is 0 Å². The molecule has 1 aromatic carbocycles. The summed E-state index contributed by atoms with van der Waals surface area (Å²) < 4.78 is 10.9. The molecule has 90 valence electrons. The van der Waals surface area contributed by atoms with E-state index in [0.717, 1.165) is 17.7 Å². The van der Waals surface area contributed by atoms with E-state index in [0.29, 0.717) is 18.9 Å². The summed E-state index contributed by atoms with van der Waals surface area (Å²) in [5, 5.41) is 8.71. The summed E-state index contributed by atoms with van der Waals surface area (Å²) >= 11 is 0. The van der Waals surface area contributed by atoms with Gasteiger partial charge in [-0.3, -0.25) is 0 Å². The van der Waals surface area contributed by atoms with Crippen molar-refractivity contribution >= 4 is 0 Å². The Labute approximate surface area is 96.0 Å². The zero-order chi connectivity index (χ0) is 11.8. The van der Waals surface area contributed by atoms with Gasteiger partial charge in [-0.15, -0.1) is 0 Å². The molecular weight excluding hydrogens is 206 g/mol. The second-order valence-electron chi connectivity index (χ2n) is 3.39. The lowest BCUT2D eigenvalue weighted by atomic mass is 10.2. The van der Waals surface area contributed by atoms with Gasteiger partial charge in [-0.05, 0) is 12.5 Å². The number of aliphatic hydroxyl groups is 1. The van der Waals surface area contributed by atoms with Crippen molar-refractivity contribution in [1.29, 1.82) is 0 Å². The lowest BCUT2D eigenvalue weighted by Gasteiger charge is -2.12. The van der Waals surface area contributed by atoms with E-state index < -0.39 is 0 Å². The summed E-state index contributed by atoms with van der Waals surface area (Å²) in [6, 6.07) is 5.58. The molecule has 0 amide bonds. The number of nitrogens with two attached hydrogens (primary N) is 1. The molecular formula is C12H19NO3. The van der Waals surface area contributed by atoms with E-state index in [1.165, 1.54) is 0 Å². The smallest absolute Gasteiger partial charge is 0.127 e. The maximum absolute atomic E-state index is 8.71. The molecule has 0 atom stereocenters. The van der Waals surface area contributed by atoms with Crippen LogP contribution in [0.2, 0.25) is 0 Å². The predicted octanol–water partition coefficient (Wildman–Crippen LogP) is 1.31. The summed E-state index contributed by atoms with van der Waals surface area (Å²) in [5.74, 6) is 1.46. The van der Waals surface area contributed by atoms with Crippen LogP contribution in [-0.2, 0) is 6.54 Å². The molecule has 0 aliphatic carbocycles. The van der Waals surface area contributed by atoms with Gasteiger partial charge in [0.25, 0.3) is 0 Å². The van der Waals surface area contributed by atoms with Gasteiger partial charge in [-0.1, -0.05) is 13.0 Å². The maximum Gasteiger partial charge on any atom is 0.127 e. The van der Waals surface area contributed by atoms with Crippen LogP contribution in [0.5, 0.6) is 11.5 Å². The molecule has 0 bridgehead atoms. The molecule has 4 heteroatoms. The van der Waals surface area contributed by atoms with Gasteiger partial charge in [0.15, 0.2) is 0 Å². The van der Waals surface area contributed by atoms with Gasteiger partial charge in [0.2, 0.25) is 0 Å². The first-order chi connectivity index (χ1) is 7.81. The van der Waals surface area contributed by atoms with Crippen LogP contribution < -0.4 is 15.2 Å². The highest BCUT2D eigenvalue weighted by Crippen LogP contribution is 2.24. The third kappa shape index (κ3) is 3.72. The summed E-state index contributed by atoms with van der Waals surface area (Å²) in [4.78, 5) is 0. The summed E-state index contributed by atoms with van der Waals surface area (Å²) in [6.45, 7) is 3.40. The molecule has 0 spiro atoms. The first-order valence-corrected chi connectivity index (χ1v) is 5.51. The quantitative estimate of drug-likeness (QED) is 0.734. The molecule has 0 radical (unpaired) electrons. The zero-order valence-electron chi connectivity index (χ0n) is 9.61. The number of rotatable bonds is 7. The van der Waals surface area contributed by atoms with Gasteiger partial charge in [-0.25, -0.2) is 0 Å². The van der Waals surface area contributed by atoms with Crippen LogP contribution >= 0.6 is 0 Å². The summed E-state index contributed by atoms with van der Waals surface area (Å²) in [5.41, 5.74) is 6.50. The predicted molar refractivity (Wildman–Crippen MR) is 62.7 cm³/mol. The van der Waals surface area contributed by atoms with Crippen molar-refractivity contribution in [3.8, 4) is 11.5 Å². The Morgan fingerprint density at radius 2 is 2.06 bits per heavy atom. The molecule has 3 N–H and O–H groups in total. The number of hydrogen-bond acceptors (Lipinski definition) is 4. The Kier molecular flexibility index (Phi) is 5.67. The van der Waals surface area contributed by atoms with E-state index >= 15 is 0 Å². The molecule has 0 fully saturated rings. The van der Waals surface area contributed by atoms with Gasteiger partial charge < -0.3 is 20.3 Å². The van der Waals surface area contributed by atoms with Crippen molar-refractivity contribution in [3.63, 3.8) is 0 Å². The van der Waals surface area contributed by atoms with Crippen molar-refractivity contribution in [3.05, 3.63) is 23.8 Å². The first-order valence-electron chi connectivity index (χ1n) is 5.51. The van der Waals surface area contributed by atoms with Crippen molar-refractivity contribution in [2.24, 2.45) is 5.73 Å². The molecule has 0 unspecified atom stereocenters. The Balaban J connectivity index is 2.74. The Bertz CT molecular complexity index is 315. The lowest BCUT2D eigenvalue weighted by Crippen LogP contribution is -2.07. The minimum absolute atomic E-state index is 0.00986. The van der Waals surface area contributed by atoms with E-state index in [-0.39, 0.29) is 13.2 Å². The average Bonchev–Trinajstić information content (AvgIpc) is 2.33. The Morgan fingerprint density at radius 3 is 2.69 bits per heavy atom. The monoisotopic (exact) mass is 225 g/mol. The van der Waals surface area contributed by atoms with Gasteiger partial charge in [0.05, 0.1) is 13.2 Å². The standard InChI is InChI=1S/C12H19NO3/c1-2-6-15-11-4-3-10(9-13)12(8-11)16-7-5-14/h3-4,8,14H,2,5-7,9,13H2,1H3. The van der Waals surface area contributed by atoms with E-state index in [1.54, 1.807) is 0 Å². The molecule has 0 heterocycles. The largest absolute Gasteiger partial charge is 0.493 e. The number of benzene rings is 1. The fraction of sp³-hybridized carbons (Fsp3) is 0.500. The first kappa shape index (κ1) is 12.8. The molecule has 0 aromatic heterocycles. The molecule has 0 aliphatic rings. The van der Waals surface area contributed by atoms with Crippen molar-refractivity contribution in [2.45, 2.75) is 19.9 Å². The molecule has 4 nitrogen and oxygen atoms in total. The van der Waals surface area contributed by atoms with Gasteiger partial charge in [-0.2, -0.15) is 0 Å². The SMILES string of the molecule is CCCOc1ccc(CN)c(OCCO)c1. The highest BCUT2D eigenvalue weighted by molar-refractivity contribution is 5.40. The van der Waals surface area contributed by atoms with E-state index in [2.05, 4.69) is 6.92 Å². The molecule has 0 aliphatic heterocycles. The van der Waals surface area contributed by atoms with Gasteiger partial charge >= 0.3 is 0 Å². The molecule has 16 heavy (non-hydrogen) atoms. The summed E-state index contributed by atoms with van der Waals surface area (Å²) in [7, 11) is 0. The van der Waals surface area contributed by atoms with Crippen molar-refractivity contribution in [2.75, 3.05) is 19.8 Å². The zero-order valence-corrected chi connectivity index (χ0v) is 9.61. The second kappa shape index (κ2) is 7.09. The molecule has 1 rings (SSSR count). The fourth-order valence-electron chi connectivity index (χ4n) is 1.30. The highest BCUT2D eigenvalue weighted by atomic mass is 16.5. The van der Waals surface area contributed by atoms with Crippen LogP contribution in [0.25, 0.3) is 0 Å². The van der Waals surface area contributed by atoms with Crippen LogP contribution in [0.4, 0.5) is 0 Å². The van der Waals surface area contributed by atoms with E-state index in [1.807, 2.05) is 18.2 Å². The van der Waals surface area contributed by atoms with E-state index in [4.69, 9.17) is 20.3 Å². The molecule has 1 aromatic rings. The van der Waals surface area contributed by atoms with Gasteiger partial charge in [0, 0.05) is 18.2 Å². The van der Waals surface area contributed by atoms with Crippen molar-refractivity contribution < 1.29 is 14.6 Å². The number of ether oxygens (including phenoxy) is 2. The normalized spacial score (nSPS) is 10.2.